The Balaban J connectivity index is 1.66. The van der Waals surface area contributed by atoms with Crippen molar-refractivity contribution in [2.75, 3.05) is 19.2 Å². The third kappa shape index (κ3) is 3.51. The second-order valence-electron chi connectivity index (χ2n) is 5.87. The molecule has 1 N–H and O–H groups in total. The minimum atomic E-state index is -0.408. The summed E-state index contributed by atoms with van der Waals surface area (Å²) in [6, 6.07) is 10.8. The summed E-state index contributed by atoms with van der Waals surface area (Å²) in [6.45, 7) is 0.434. The lowest BCUT2D eigenvalue weighted by molar-refractivity contribution is -0.385. The summed E-state index contributed by atoms with van der Waals surface area (Å²) in [5.74, 6) is 1.84. The van der Waals surface area contributed by atoms with Crippen molar-refractivity contribution in [2.45, 2.75) is 17.5 Å². The van der Waals surface area contributed by atoms with E-state index in [0.29, 0.717) is 28.8 Å². The average Bonchev–Trinajstić information content (AvgIpc) is 2.71. The van der Waals surface area contributed by atoms with Gasteiger partial charge in [-0.1, -0.05) is 23.9 Å². The first-order chi connectivity index (χ1) is 13.2. The zero-order chi connectivity index (χ0) is 18.8. The molecule has 0 bridgehead atoms. The molecule has 27 heavy (non-hydrogen) atoms. The molecule has 0 fully saturated rings. The van der Waals surface area contributed by atoms with Gasteiger partial charge in [-0.3, -0.25) is 10.1 Å². The molecule has 2 aromatic carbocycles. The molecule has 0 unspecified atom stereocenters. The molecule has 138 valence electrons. The van der Waals surface area contributed by atoms with Crippen LogP contribution in [-0.2, 0) is 17.1 Å². The second-order valence-corrected chi connectivity index (χ2v) is 6.81. The van der Waals surface area contributed by atoms with Gasteiger partial charge in [-0.25, -0.2) is 9.97 Å². The Morgan fingerprint density at radius 2 is 2.15 bits per heavy atom. The van der Waals surface area contributed by atoms with Crippen LogP contribution in [0.4, 0.5) is 11.5 Å². The predicted octanol–water partition coefficient (Wildman–Crippen LogP) is 3.74. The SMILES string of the molecule is CNc1nc(SCc2cc([N+](=O)[O-])cc3c2OCOC3)nc2ccccc12. The summed E-state index contributed by atoms with van der Waals surface area (Å²) in [5.41, 5.74) is 2.27. The Hall–Kier alpha value is -2.91. The Bertz CT molecular complexity index is 1030. The summed E-state index contributed by atoms with van der Waals surface area (Å²) >= 11 is 1.41. The fourth-order valence-corrected chi connectivity index (χ4v) is 3.76. The average molecular weight is 384 g/mol. The van der Waals surface area contributed by atoms with Crippen LogP contribution in [0.1, 0.15) is 11.1 Å². The van der Waals surface area contributed by atoms with Gasteiger partial charge in [0.05, 0.1) is 17.0 Å². The van der Waals surface area contributed by atoms with Crippen LogP contribution in [0.15, 0.2) is 41.6 Å². The molecule has 1 aliphatic rings. The van der Waals surface area contributed by atoms with E-state index in [9.17, 15) is 10.1 Å². The first-order valence-electron chi connectivity index (χ1n) is 8.24. The van der Waals surface area contributed by atoms with E-state index in [2.05, 4.69) is 15.3 Å². The molecule has 0 radical (unpaired) electrons. The van der Waals surface area contributed by atoms with Crippen molar-refractivity contribution in [1.29, 1.82) is 0 Å². The molecule has 2 heterocycles. The normalized spacial score (nSPS) is 13.1. The largest absolute Gasteiger partial charge is 0.467 e. The van der Waals surface area contributed by atoms with Gasteiger partial charge in [-0.2, -0.15) is 0 Å². The number of anilines is 1. The van der Waals surface area contributed by atoms with Crippen LogP contribution in [0.2, 0.25) is 0 Å². The summed E-state index contributed by atoms with van der Waals surface area (Å²) < 4.78 is 10.8. The number of fused-ring (bicyclic) bond motifs is 2. The van der Waals surface area contributed by atoms with E-state index in [1.807, 2.05) is 31.3 Å². The lowest BCUT2D eigenvalue weighted by Crippen LogP contribution is -2.13. The summed E-state index contributed by atoms with van der Waals surface area (Å²) in [6.07, 6.45) is 0. The molecule has 0 saturated heterocycles. The number of nitro benzene ring substituents is 1. The van der Waals surface area contributed by atoms with Crippen LogP contribution >= 0.6 is 11.8 Å². The molecular weight excluding hydrogens is 368 g/mol. The maximum absolute atomic E-state index is 11.2. The van der Waals surface area contributed by atoms with E-state index in [1.165, 1.54) is 23.9 Å². The number of nitro groups is 1. The first-order valence-corrected chi connectivity index (χ1v) is 9.22. The van der Waals surface area contributed by atoms with Gasteiger partial charge < -0.3 is 14.8 Å². The van der Waals surface area contributed by atoms with E-state index < -0.39 is 4.92 Å². The molecule has 1 aromatic heterocycles. The number of nitrogens with zero attached hydrogens (tertiary/aromatic N) is 3. The molecule has 0 aliphatic carbocycles. The highest BCUT2D eigenvalue weighted by atomic mass is 32.2. The van der Waals surface area contributed by atoms with Crippen molar-refractivity contribution in [2.24, 2.45) is 0 Å². The van der Waals surface area contributed by atoms with Crippen LogP contribution in [0.5, 0.6) is 5.75 Å². The zero-order valence-corrected chi connectivity index (χ0v) is 15.3. The molecule has 1 aliphatic heterocycles. The maximum Gasteiger partial charge on any atom is 0.270 e. The van der Waals surface area contributed by atoms with Crippen LogP contribution < -0.4 is 10.1 Å². The van der Waals surface area contributed by atoms with Crippen LogP contribution in [-0.4, -0.2) is 28.7 Å². The Morgan fingerprint density at radius 1 is 1.30 bits per heavy atom. The number of nitrogens with one attached hydrogen (secondary N) is 1. The van der Waals surface area contributed by atoms with Crippen molar-refractivity contribution < 1.29 is 14.4 Å². The lowest BCUT2D eigenvalue weighted by atomic mass is 10.1. The molecule has 0 spiro atoms. The maximum atomic E-state index is 11.2. The number of thioether (sulfide) groups is 1. The van der Waals surface area contributed by atoms with Gasteiger partial charge in [0.25, 0.3) is 5.69 Å². The molecule has 0 atom stereocenters. The molecular formula is C18H16N4O4S. The minimum absolute atomic E-state index is 0.0220. The fourth-order valence-electron chi connectivity index (χ4n) is 2.95. The minimum Gasteiger partial charge on any atom is -0.467 e. The zero-order valence-electron chi connectivity index (χ0n) is 14.5. The molecule has 0 amide bonds. The summed E-state index contributed by atoms with van der Waals surface area (Å²) in [4.78, 5) is 19.9. The molecule has 4 rings (SSSR count). The number of non-ortho nitro benzene ring substituents is 1. The van der Waals surface area contributed by atoms with Crippen molar-refractivity contribution in [1.82, 2.24) is 9.97 Å². The van der Waals surface area contributed by atoms with E-state index in [4.69, 9.17) is 9.47 Å². The van der Waals surface area contributed by atoms with Gasteiger partial charge in [-0.15, -0.1) is 0 Å². The monoisotopic (exact) mass is 384 g/mol. The van der Waals surface area contributed by atoms with E-state index in [-0.39, 0.29) is 12.5 Å². The van der Waals surface area contributed by atoms with E-state index in [1.54, 1.807) is 0 Å². The van der Waals surface area contributed by atoms with Crippen LogP contribution in [0.3, 0.4) is 0 Å². The highest BCUT2D eigenvalue weighted by Gasteiger charge is 2.21. The van der Waals surface area contributed by atoms with Gasteiger partial charge in [0.2, 0.25) is 0 Å². The molecule has 9 heteroatoms. The third-order valence-corrected chi connectivity index (χ3v) is 5.05. The standard InChI is InChI=1S/C18H16N4O4S/c1-19-17-14-4-2-3-5-15(14)20-18(21-17)27-9-12-7-13(22(23)24)6-11-8-25-10-26-16(11)12/h2-7H,8-10H2,1H3,(H,19,20,21). The number of aromatic nitrogens is 2. The van der Waals surface area contributed by atoms with Crippen molar-refractivity contribution in [3.63, 3.8) is 0 Å². The number of para-hydroxylation sites is 1. The van der Waals surface area contributed by atoms with Crippen molar-refractivity contribution >= 4 is 34.2 Å². The Morgan fingerprint density at radius 3 is 2.96 bits per heavy atom. The van der Waals surface area contributed by atoms with Gasteiger partial charge in [0, 0.05) is 41.4 Å². The number of rotatable bonds is 5. The van der Waals surface area contributed by atoms with Gasteiger partial charge in [0.15, 0.2) is 11.9 Å². The van der Waals surface area contributed by atoms with Crippen LogP contribution in [0.25, 0.3) is 10.9 Å². The van der Waals surface area contributed by atoms with Crippen LogP contribution in [0, 0.1) is 10.1 Å². The molecule has 0 saturated carbocycles. The highest BCUT2D eigenvalue weighted by Crippen LogP contribution is 2.36. The molecule has 3 aromatic rings. The lowest BCUT2D eigenvalue weighted by Gasteiger charge is -2.20. The van der Waals surface area contributed by atoms with Gasteiger partial charge >= 0.3 is 0 Å². The number of hydrogen-bond donors (Lipinski definition) is 1. The first kappa shape index (κ1) is 17.5. The second kappa shape index (κ2) is 7.37. The number of ether oxygens (including phenoxy) is 2. The summed E-state index contributed by atoms with van der Waals surface area (Å²) in [5, 5.41) is 15.8. The van der Waals surface area contributed by atoms with Crippen molar-refractivity contribution in [3.05, 3.63) is 57.6 Å². The van der Waals surface area contributed by atoms with Gasteiger partial charge in [-0.05, 0) is 12.1 Å². The Kier molecular flexibility index (Phi) is 4.78. The third-order valence-electron chi connectivity index (χ3n) is 4.16. The fraction of sp³-hybridized carbons (Fsp3) is 0.222. The Labute approximate surface area is 159 Å². The smallest absolute Gasteiger partial charge is 0.270 e. The molecule has 8 nitrogen and oxygen atoms in total. The highest BCUT2D eigenvalue weighted by molar-refractivity contribution is 7.98. The van der Waals surface area contributed by atoms with E-state index >= 15 is 0 Å². The van der Waals surface area contributed by atoms with Gasteiger partial charge in [0.1, 0.15) is 11.6 Å². The number of hydrogen-bond acceptors (Lipinski definition) is 8. The van der Waals surface area contributed by atoms with Crippen molar-refractivity contribution in [3.8, 4) is 5.75 Å². The summed E-state index contributed by atoms with van der Waals surface area (Å²) in [7, 11) is 1.81. The predicted molar refractivity (Wildman–Crippen MR) is 102 cm³/mol. The quantitative estimate of drug-likeness (QED) is 0.307. The topological polar surface area (TPSA) is 99.4 Å². The van der Waals surface area contributed by atoms with E-state index in [0.717, 1.165) is 22.3 Å². The number of benzene rings is 2.